The van der Waals surface area contributed by atoms with Gasteiger partial charge in [-0.05, 0) is 49.4 Å². The van der Waals surface area contributed by atoms with E-state index in [1.165, 1.54) is 17.2 Å². The van der Waals surface area contributed by atoms with Crippen molar-refractivity contribution in [2.75, 3.05) is 24.7 Å². The lowest BCUT2D eigenvalue weighted by Crippen LogP contribution is -2.32. The number of ketones is 1. The Kier molecular flexibility index (Phi) is 6.46. The predicted molar refractivity (Wildman–Crippen MR) is 111 cm³/mol. The number of unbranched alkanes of at least 4 members (excludes halogenated alkanes) is 2. The minimum atomic E-state index is -0.695. The molecule has 1 saturated heterocycles. The average Bonchev–Trinajstić information content (AvgIpc) is 3.32. The summed E-state index contributed by atoms with van der Waals surface area (Å²) in [5.74, 6) is 0.120. The number of nitrogens with zero attached hydrogens (tertiary/aromatic N) is 2. The van der Waals surface area contributed by atoms with Gasteiger partial charge in [0.2, 0.25) is 5.88 Å². The summed E-state index contributed by atoms with van der Waals surface area (Å²) in [5, 5.41) is 8.77. The topological polar surface area (TPSA) is 89.0 Å². The van der Waals surface area contributed by atoms with Crippen LogP contribution in [0.2, 0.25) is 0 Å². The molecule has 1 aromatic heterocycles. The van der Waals surface area contributed by atoms with E-state index in [9.17, 15) is 14.0 Å². The zero-order chi connectivity index (χ0) is 21.8. The van der Waals surface area contributed by atoms with Crippen molar-refractivity contribution >= 4 is 17.4 Å². The first-order valence-corrected chi connectivity index (χ1v) is 10.6. The highest BCUT2D eigenvalue weighted by Gasteiger charge is 2.36. The summed E-state index contributed by atoms with van der Waals surface area (Å²) in [6.45, 7) is 1.09. The third-order valence-corrected chi connectivity index (χ3v) is 5.59. The number of aromatic nitrogens is 1. The van der Waals surface area contributed by atoms with Crippen molar-refractivity contribution in [2.45, 2.75) is 44.6 Å². The van der Waals surface area contributed by atoms with Crippen LogP contribution in [-0.2, 0) is 11.2 Å². The normalized spacial score (nSPS) is 17.9. The number of fused-ring (bicyclic) bond motifs is 1. The third-order valence-electron chi connectivity index (χ3n) is 5.59. The lowest BCUT2D eigenvalue weighted by atomic mass is 10.1. The summed E-state index contributed by atoms with van der Waals surface area (Å²) in [7, 11) is 0. The first-order chi connectivity index (χ1) is 15.1. The molecule has 1 N–H and O–H groups in total. The highest BCUT2D eigenvalue weighted by atomic mass is 19.1. The minimum absolute atomic E-state index is 0.0861. The maximum Gasteiger partial charge on any atom is 0.268 e. The SMILES string of the molecule is O=C1CCc2c(F)cc(N3CC[C@@H](Oc4ccc(OCCCCCO)nc4)C3=O)cc21. The van der Waals surface area contributed by atoms with Crippen LogP contribution in [0.25, 0.3) is 0 Å². The Balaban J connectivity index is 1.35. The predicted octanol–water partition coefficient (Wildman–Crippen LogP) is 3.08. The van der Waals surface area contributed by atoms with E-state index in [2.05, 4.69) is 4.98 Å². The number of Topliss-reactive ketones (excluding diaryl/α,β-unsaturated/α-hetero) is 1. The molecule has 0 unspecified atom stereocenters. The molecule has 0 radical (unpaired) electrons. The number of ether oxygens (including phenoxy) is 2. The molecular weight excluding hydrogens is 403 g/mol. The van der Waals surface area contributed by atoms with Gasteiger partial charge in [0.05, 0.1) is 12.8 Å². The van der Waals surface area contributed by atoms with Gasteiger partial charge >= 0.3 is 0 Å². The van der Waals surface area contributed by atoms with Gasteiger partial charge in [-0.1, -0.05) is 0 Å². The van der Waals surface area contributed by atoms with Crippen molar-refractivity contribution < 1.29 is 28.6 Å². The fourth-order valence-corrected chi connectivity index (χ4v) is 3.93. The molecule has 1 atom stereocenters. The molecule has 0 bridgehead atoms. The van der Waals surface area contributed by atoms with Crippen LogP contribution < -0.4 is 14.4 Å². The van der Waals surface area contributed by atoms with Crippen LogP contribution in [0.4, 0.5) is 10.1 Å². The smallest absolute Gasteiger partial charge is 0.268 e. The molecule has 2 aliphatic rings. The Bertz CT molecular complexity index is 963. The summed E-state index contributed by atoms with van der Waals surface area (Å²) in [6.07, 6.45) is 4.47. The molecule has 1 aromatic carbocycles. The van der Waals surface area contributed by atoms with E-state index in [-0.39, 0.29) is 18.3 Å². The number of aliphatic hydroxyl groups excluding tert-OH is 1. The molecule has 4 rings (SSSR count). The minimum Gasteiger partial charge on any atom is -0.479 e. The van der Waals surface area contributed by atoms with Gasteiger partial charge in [0, 0.05) is 43.3 Å². The second-order valence-corrected chi connectivity index (χ2v) is 7.73. The van der Waals surface area contributed by atoms with Gasteiger partial charge < -0.3 is 19.5 Å². The summed E-state index contributed by atoms with van der Waals surface area (Å²) in [6, 6.07) is 6.31. The van der Waals surface area contributed by atoms with Crippen LogP contribution in [0.1, 0.15) is 48.0 Å². The highest BCUT2D eigenvalue weighted by Crippen LogP contribution is 2.32. The van der Waals surface area contributed by atoms with Gasteiger partial charge in [-0.3, -0.25) is 9.59 Å². The highest BCUT2D eigenvalue weighted by molar-refractivity contribution is 6.04. The zero-order valence-corrected chi connectivity index (χ0v) is 17.2. The maximum atomic E-state index is 14.4. The van der Waals surface area contributed by atoms with Crippen LogP contribution in [-0.4, -0.2) is 47.6 Å². The standard InChI is InChI=1S/C23H25FN2O5/c24-19-13-15(12-18-17(19)5-6-20(18)28)26-9-8-21(23(26)29)31-16-4-7-22(25-14-16)30-11-3-1-2-10-27/h4,7,12-14,21,27H,1-3,5-6,8-11H2/t21-/m1/s1. The number of carbonyl (C=O) groups excluding carboxylic acids is 2. The fourth-order valence-electron chi connectivity index (χ4n) is 3.93. The van der Waals surface area contributed by atoms with Crippen molar-refractivity contribution in [1.29, 1.82) is 0 Å². The van der Waals surface area contributed by atoms with Gasteiger partial charge in [-0.2, -0.15) is 0 Å². The molecule has 31 heavy (non-hydrogen) atoms. The van der Waals surface area contributed by atoms with E-state index < -0.39 is 11.9 Å². The molecule has 1 fully saturated rings. The number of rotatable bonds is 9. The van der Waals surface area contributed by atoms with Crippen LogP contribution in [0.3, 0.4) is 0 Å². The maximum absolute atomic E-state index is 14.4. The third kappa shape index (κ3) is 4.69. The molecule has 7 nitrogen and oxygen atoms in total. The van der Waals surface area contributed by atoms with E-state index >= 15 is 0 Å². The van der Waals surface area contributed by atoms with Gasteiger partial charge in [-0.15, -0.1) is 0 Å². The monoisotopic (exact) mass is 428 g/mol. The molecular formula is C23H25FN2O5. The Morgan fingerprint density at radius 2 is 2.03 bits per heavy atom. The molecule has 0 saturated carbocycles. The molecule has 0 spiro atoms. The Morgan fingerprint density at radius 3 is 2.81 bits per heavy atom. The number of benzene rings is 1. The van der Waals surface area contributed by atoms with Crippen molar-refractivity contribution in [3.63, 3.8) is 0 Å². The molecule has 8 heteroatoms. The number of halogens is 1. The number of amides is 1. The summed E-state index contributed by atoms with van der Waals surface area (Å²) < 4.78 is 25.7. The Hall–Kier alpha value is -3.00. The fraction of sp³-hybridized carbons (Fsp3) is 0.435. The van der Waals surface area contributed by atoms with Crippen LogP contribution in [0.15, 0.2) is 30.5 Å². The lowest BCUT2D eigenvalue weighted by Gasteiger charge is -2.18. The second-order valence-electron chi connectivity index (χ2n) is 7.73. The van der Waals surface area contributed by atoms with Crippen molar-refractivity contribution in [3.05, 3.63) is 47.4 Å². The van der Waals surface area contributed by atoms with Gasteiger partial charge in [-0.25, -0.2) is 9.37 Å². The largest absolute Gasteiger partial charge is 0.479 e. The number of aliphatic hydroxyl groups is 1. The van der Waals surface area contributed by atoms with Gasteiger partial charge in [0.1, 0.15) is 11.6 Å². The van der Waals surface area contributed by atoms with Gasteiger partial charge in [0.25, 0.3) is 5.91 Å². The summed E-state index contributed by atoms with van der Waals surface area (Å²) in [5.41, 5.74) is 1.21. The number of hydrogen-bond acceptors (Lipinski definition) is 6. The van der Waals surface area contributed by atoms with E-state index in [1.807, 2.05) is 0 Å². The van der Waals surface area contributed by atoms with Crippen LogP contribution >= 0.6 is 0 Å². The van der Waals surface area contributed by atoms with Crippen molar-refractivity contribution in [1.82, 2.24) is 4.98 Å². The molecule has 164 valence electrons. The van der Waals surface area contributed by atoms with Crippen molar-refractivity contribution in [2.24, 2.45) is 0 Å². The van der Waals surface area contributed by atoms with Gasteiger partial charge in [0.15, 0.2) is 11.9 Å². The lowest BCUT2D eigenvalue weighted by molar-refractivity contribution is -0.122. The molecule has 1 aliphatic carbocycles. The number of carbonyl (C=O) groups is 2. The quantitative estimate of drug-likeness (QED) is 0.618. The van der Waals surface area contributed by atoms with Crippen molar-refractivity contribution in [3.8, 4) is 11.6 Å². The first kappa shape index (κ1) is 21.2. The molecule has 2 aromatic rings. The second kappa shape index (κ2) is 9.43. The number of pyridine rings is 1. The average molecular weight is 428 g/mol. The van der Waals surface area contributed by atoms with E-state index in [0.717, 1.165) is 19.3 Å². The molecule has 1 aliphatic heterocycles. The van der Waals surface area contributed by atoms with Crippen LogP contribution in [0, 0.1) is 5.82 Å². The van der Waals surface area contributed by atoms with E-state index in [0.29, 0.717) is 60.9 Å². The summed E-state index contributed by atoms with van der Waals surface area (Å²) >= 11 is 0. The Labute approximate surface area is 179 Å². The molecule has 2 heterocycles. The zero-order valence-electron chi connectivity index (χ0n) is 17.2. The molecule has 1 amide bonds. The van der Waals surface area contributed by atoms with E-state index in [1.54, 1.807) is 18.2 Å². The summed E-state index contributed by atoms with van der Waals surface area (Å²) in [4.78, 5) is 30.5. The van der Waals surface area contributed by atoms with Crippen LogP contribution in [0.5, 0.6) is 11.6 Å². The Morgan fingerprint density at radius 1 is 1.16 bits per heavy atom. The van der Waals surface area contributed by atoms with E-state index in [4.69, 9.17) is 14.6 Å². The number of hydrogen-bond donors (Lipinski definition) is 1. The first-order valence-electron chi connectivity index (χ1n) is 10.6. The number of anilines is 1.